The lowest BCUT2D eigenvalue weighted by molar-refractivity contribution is -0.148. The van der Waals surface area contributed by atoms with Gasteiger partial charge in [0.25, 0.3) is 0 Å². The van der Waals surface area contributed by atoms with Gasteiger partial charge >= 0.3 is 5.97 Å². The molecule has 1 fully saturated rings. The molecule has 4 aromatic rings. The van der Waals surface area contributed by atoms with Crippen LogP contribution in [0.1, 0.15) is 66.5 Å². The fraction of sp³-hybridized carbons (Fsp3) is 0.359. The predicted molar refractivity (Wildman–Crippen MR) is 193 cm³/mol. The molecule has 2 heterocycles. The average molecular weight is 716 g/mol. The van der Waals surface area contributed by atoms with Crippen LogP contribution in [0.15, 0.2) is 67.0 Å². The Hall–Kier alpha value is -4.33. The van der Waals surface area contributed by atoms with Crippen molar-refractivity contribution >= 4 is 29.2 Å². The predicted octanol–water partition coefficient (Wildman–Crippen LogP) is 7.83. The molecule has 50 heavy (non-hydrogen) atoms. The number of nitriles is 1. The Morgan fingerprint density at radius 3 is 2.58 bits per heavy atom. The summed E-state index contributed by atoms with van der Waals surface area (Å²) >= 11 is 13.7. The maximum absolute atomic E-state index is 11.2. The minimum atomic E-state index is -0.215. The zero-order chi connectivity index (χ0) is 35.0. The second kappa shape index (κ2) is 16.6. The smallest absolute Gasteiger partial charge is 0.302 e. The third kappa shape index (κ3) is 8.51. The number of halogens is 2. The first kappa shape index (κ1) is 35.5. The standard InChI is InChI=1S/C39H40Cl2N4O5/c1-25(46)49-29-11-14-45(15-12-29)13-4-16-47-36-8-3-7-33(39(36)41)30-5-2-6-32-31(30)9-10-35(32)50-38-19-37(28(21-43)18-34(38)40)48-24-27-17-26(20-42)22-44-23-27/h2-3,5-8,17-19,22-23,29,35H,4,9-16,21,24,43H2,1H3/t35-/m0/s1. The Kier molecular flexibility index (Phi) is 11.8. The molecule has 1 saturated heterocycles. The number of nitrogens with two attached hydrogens (primary N) is 1. The Morgan fingerprint density at radius 2 is 1.80 bits per heavy atom. The summed E-state index contributed by atoms with van der Waals surface area (Å²) in [6, 6.07) is 19.5. The molecule has 0 saturated carbocycles. The Balaban J connectivity index is 1.11. The minimum Gasteiger partial charge on any atom is -0.492 e. The summed E-state index contributed by atoms with van der Waals surface area (Å²) in [5.74, 6) is 1.52. The van der Waals surface area contributed by atoms with Crippen molar-refractivity contribution in [2.75, 3.05) is 26.2 Å². The molecular weight excluding hydrogens is 675 g/mol. The summed E-state index contributed by atoms with van der Waals surface area (Å²) in [5.41, 5.74) is 12.2. The van der Waals surface area contributed by atoms with E-state index in [4.69, 9.17) is 47.9 Å². The number of esters is 1. The quantitative estimate of drug-likeness (QED) is 0.109. The Morgan fingerprint density at radius 1 is 1.00 bits per heavy atom. The molecule has 0 bridgehead atoms. The first-order valence-corrected chi connectivity index (χ1v) is 17.7. The molecule has 1 aliphatic heterocycles. The van der Waals surface area contributed by atoms with Crippen molar-refractivity contribution in [3.8, 4) is 34.4 Å². The largest absolute Gasteiger partial charge is 0.492 e. The normalized spacial score (nSPS) is 16.0. The van der Waals surface area contributed by atoms with Gasteiger partial charge in [-0.25, -0.2) is 0 Å². The second-order valence-corrected chi connectivity index (χ2v) is 13.4. The first-order chi connectivity index (χ1) is 24.3. The van der Waals surface area contributed by atoms with Gasteiger partial charge in [0.1, 0.15) is 42.1 Å². The van der Waals surface area contributed by atoms with Gasteiger partial charge in [0.15, 0.2) is 0 Å². The van der Waals surface area contributed by atoms with Gasteiger partial charge in [-0.1, -0.05) is 53.5 Å². The van der Waals surface area contributed by atoms with Crippen molar-refractivity contribution in [3.63, 3.8) is 0 Å². The number of carbonyl (C=O) groups excluding carboxylic acids is 1. The Bertz CT molecular complexity index is 1870. The molecule has 0 unspecified atom stereocenters. The monoisotopic (exact) mass is 714 g/mol. The zero-order valence-electron chi connectivity index (χ0n) is 28.0. The summed E-state index contributed by atoms with van der Waals surface area (Å²) in [5, 5.41) is 10.2. The van der Waals surface area contributed by atoms with E-state index in [2.05, 4.69) is 28.1 Å². The Labute approximate surface area is 302 Å². The SMILES string of the molecule is CC(=O)OC1CCN(CCCOc2cccc(-c3cccc4c3CC[C@@H]4Oc3cc(OCc4cncc(C#N)c4)c(CN)cc3Cl)c2Cl)CC1. The average Bonchev–Trinajstić information content (AvgIpc) is 3.54. The van der Waals surface area contributed by atoms with E-state index < -0.39 is 0 Å². The van der Waals surface area contributed by atoms with E-state index in [9.17, 15) is 10.1 Å². The lowest BCUT2D eigenvalue weighted by Gasteiger charge is -2.31. The van der Waals surface area contributed by atoms with Gasteiger partial charge in [-0.05, 0) is 67.0 Å². The molecule has 6 rings (SSSR count). The number of pyridine rings is 1. The molecule has 0 radical (unpaired) electrons. The topological polar surface area (TPSA) is 120 Å². The molecule has 1 aromatic heterocycles. The summed E-state index contributed by atoms with van der Waals surface area (Å²) in [4.78, 5) is 17.7. The molecule has 260 valence electrons. The highest BCUT2D eigenvalue weighted by Crippen LogP contribution is 2.45. The van der Waals surface area contributed by atoms with E-state index in [-0.39, 0.29) is 31.3 Å². The summed E-state index contributed by atoms with van der Waals surface area (Å²) in [6.45, 7) is 5.21. The number of ether oxygens (including phenoxy) is 4. The van der Waals surface area contributed by atoms with Gasteiger partial charge in [-0.3, -0.25) is 9.78 Å². The van der Waals surface area contributed by atoms with E-state index in [0.29, 0.717) is 39.5 Å². The zero-order valence-corrected chi connectivity index (χ0v) is 29.5. The molecular formula is C39H40Cl2N4O5. The fourth-order valence-electron chi connectivity index (χ4n) is 6.68. The number of hydrogen-bond acceptors (Lipinski definition) is 9. The number of likely N-dealkylation sites (tertiary alicyclic amines) is 1. The van der Waals surface area contributed by atoms with E-state index in [1.807, 2.05) is 24.3 Å². The number of hydrogen-bond donors (Lipinski definition) is 1. The number of rotatable bonds is 13. The molecule has 2 aliphatic rings. The van der Waals surface area contributed by atoms with Gasteiger partial charge in [0.05, 0.1) is 22.2 Å². The van der Waals surface area contributed by atoms with Crippen LogP contribution < -0.4 is 19.9 Å². The van der Waals surface area contributed by atoms with Crippen molar-refractivity contribution in [1.82, 2.24) is 9.88 Å². The summed E-state index contributed by atoms with van der Waals surface area (Å²) < 4.78 is 24.2. The van der Waals surface area contributed by atoms with Gasteiger partial charge in [0.2, 0.25) is 0 Å². The molecule has 2 N–H and O–H groups in total. The lowest BCUT2D eigenvalue weighted by Crippen LogP contribution is -2.38. The van der Waals surface area contributed by atoms with E-state index >= 15 is 0 Å². The van der Waals surface area contributed by atoms with E-state index in [0.717, 1.165) is 79.6 Å². The highest BCUT2D eigenvalue weighted by atomic mass is 35.5. The second-order valence-electron chi connectivity index (χ2n) is 12.6. The third-order valence-corrected chi connectivity index (χ3v) is 9.82. The van der Waals surface area contributed by atoms with Crippen molar-refractivity contribution in [2.45, 2.75) is 64.4 Å². The number of carbonyl (C=O) groups is 1. The number of aromatic nitrogens is 1. The highest BCUT2D eigenvalue weighted by molar-refractivity contribution is 6.35. The molecule has 1 atom stereocenters. The van der Waals surface area contributed by atoms with Gasteiger partial charge < -0.3 is 29.6 Å². The van der Waals surface area contributed by atoms with Crippen LogP contribution in [0, 0.1) is 11.3 Å². The van der Waals surface area contributed by atoms with Crippen molar-refractivity contribution in [2.24, 2.45) is 5.73 Å². The maximum atomic E-state index is 11.2. The van der Waals surface area contributed by atoms with Crippen LogP contribution in [0.2, 0.25) is 10.0 Å². The molecule has 0 spiro atoms. The lowest BCUT2D eigenvalue weighted by atomic mass is 9.96. The van der Waals surface area contributed by atoms with Gasteiger partial charge in [0, 0.05) is 68.3 Å². The molecule has 3 aromatic carbocycles. The first-order valence-electron chi connectivity index (χ1n) is 16.9. The van der Waals surface area contributed by atoms with E-state index in [1.54, 1.807) is 24.4 Å². The van der Waals surface area contributed by atoms with Crippen molar-refractivity contribution in [3.05, 3.63) is 105 Å². The molecule has 1 aliphatic carbocycles. The number of benzene rings is 3. The van der Waals surface area contributed by atoms with Crippen LogP contribution in [0.4, 0.5) is 0 Å². The van der Waals surface area contributed by atoms with Crippen LogP contribution in [0.25, 0.3) is 11.1 Å². The summed E-state index contributed by atoms with van der Waals surface area (Å²) in [6.07, 6.45) is 7.17. The van der Waals surface area contributed by atoms with Gasteiger partial charge in [-0.15, -0.1) is 0 Å². The van der Waals surface area contributed by atoms with E-state index in [1.165, 1.54) is 18.7 Å². The van der Waals surface area contributed by atoms with Crippen LogP contribution in [-0.2, 0) is 29.1 Å². The van der Waals surface area contributed by atoms with Crippen LogP contribution >= 0.6 is 23.2 Å². The number of piperidine rings is 1. The fourth-order valence-corrected chi connectivity index (χ4v) is 7.19. The van der Waals surface area contributed by atoms with Crippen LogP contribution in [-0.4, -0.2) is 48.2 Å². The third-order valence-electron chi connectivity index (χ3n) is 9.14. The summed E-state index contributed by atoms with van der Waals surface area (Å²) in [7, 11) is 0. The molecule has 11 heteroatoms. The highest BCUT2D eigenvalue weighted by Gasteiger charge is 2.29. The number of nitrogens with zero attached hydrogens (tertiary/aromatic N) is 3. The van der Waals surface area contributed by atoms with Crippen LogP contribution in [0.5, 0.6) is 17.2 Å². The van der Waals surface area contributed by atoms with Crippen molar-refractivity contribution < 1.29 is 23.7 Å². The number of fused-ring (bicyclic) bond motifs is 1. The van der Waals surface area contributed by atoms with Crippen molar-refractivity contribution in [1.29, 1.82) is 5.26 Å². The maximum Gasteiger partial charge on any atom is 0.302 e. The molecule has 0 amide bonds. The van der Waals surface area contributed by atoms with Crippen LogP contribution in [0.3, 0.4) is 0 Å². The molecule has 9 nitrogen and oxygen atoms in total. The van der Waals surface area contributed by atoms with Gasteiger partial charge in [-0.2, -0.15) is 5.26 Å². The minimum absolute atomic E-state index is 0.0282.